The molecule has 1 N–H and O–H groups in total. The first-order valence-corrected chi connectivity index (χ1v) is 10.5. The van der Waals surface area contributed by atoms with Crippen LogP contribution >= 0.6 is 23.2 Å². The summed E-state index contributed by atoms with van der Waals surface area (Å²) in [4.78, 5) is 40.6. The smallest absolute Gasteiger partial charge is 0.337 e. The number of amides is 2. The van der Waals surface area contributed by atoms with E-state index in [1.807, 2.05) is 11.8 Å². The number of hydrogen-bond donors (Lipinski definition) is 1. The molecule has 0 saturated carbocycles. The van der Waals surface area contributed by atoms with E-state index in [9.17, 15) is 14.4 Å². The number of benzene rings is 2. The first kappa shape index (κ1) is 23.1. The van der Waals surface area contributed by atoms with Crippen molar-refractivity contribution in [1.82, 2.24) is 9.80 Å². The van der Waals surface area contributed by atoms with Gasteiger partial charge < -0.3 is 15.0 Å². The summed E-state index contributed by atoms with van der Waals surface area (Å²) in [5, 5.41) is 3.65. The zero-order valence-electron chi connectivity index (χ0n) is 17.3. The Hall–Kier alpha value is -2.61. The summed E-state index contributed by atoms with van der Waals surface area (Å²) >= 11 is 12.0. The summed E-state index contributed by atoms with van der Waals surface area (Å²) in [6, 6.07) is 9.82. The third-order valence-corrected chi connectivity index (χ3v) is 5.67. The predicted molar refractivity (Wildman–Crippen MR) is 120 cm³/mol. The van der Waals surface area contributed by atoms with Crippen molar-refractivity contribution in [2.45, 2.75) is 6.92 Å². The van der Waals surface area contributed by atoms with Gasteiger partial charge in [-0.15, -0.1) is 0 Å². The van der Waals surface area contributed by atoms with E-state index in [1.54, 1.807) is 41.3 Å². The lowest BCUT2D eigenvalue weighted by Gasteiger charge is -2.34. The van der Waals surface area contributed by atoms with Gasteiger partial charge in [-0.25, -0.2) is 4.79 Å². The number of carbonyl (C=O) groups is 3. The molecule has 2 aromatic carbocycles. The van der Waals surface area contributed by atoms with Crippen molar-refractivity contribution in [1.29, 1.82) is 0 Å². The fraction of sp³-hybridized carbons (Fsp3) is 0.318. The van der Waals surface area contributed by atoms with Gasteiger partial charge in [0.15, 0.2) is 0 Å². The number of nitrogens with zero attached hydrogens (tertiary/aromatic N) is 2. The van der Waals surface area contributed by atoms with Crippen LogP contribution in [0.25, 0.3) is 0 Å². The molecular weight excluding hydrogens is 441 g/mol. The second kappa shape index (κ2) is 10.1. The van der Waals surface area contributed by atoms with E-state index in [0.717, 1.165) is 5.56 Å². The van der Waals surface area contributed by atoms with Crippen LogP contribution in [0.2, 0.25) is 10.0 Å². The monoisotopic (exact) mass is 463 g/mol. The number of anilines is 1. The van der Waals surface area contributed by atoms with Crippen LogP contribution in [0.3, 0.4) is 0 Å². The fourth-order valence-corrected chi connectivity index (χ4v) is 3.83. The number of carbonyl (C=O) groups excluding carboxylic acids is 3. The summed E-state index contributed by atoms with van der Waals surface area (Å²) in [7, 11) is 1.31. The first-order chi connectivity index (χ1) is 14.8. The minimum atomic E-state index is -0.461. The molecule has 1 heterocycles. The van der Waals surface area contributed by atoms with Crippen molar-refractivity contribution in [3.05, 3.63) is 63.1 Å². The van der Waals surface area contributed by atoms with Crippen LogP contribution in [0, 0.1) is 6.92 Å². The Morgan fingerprint density at radius 1 is 1.03 bits per heavy atom. The Morgan fingerprint density at radius 2 is 1.74 bits per heavy atom. The van der Waals surface area contributed by atoms with E-state index in [2.05, 4.69) is 5.32 Å². The number of hydrogen-bond acceptors (Lipinski definition) is 5. The van der Waals surface area contributed by atoms with Gasteiger partial charge in [0, 0.05) is 36.9 Å². The van der Waals surface area contributed by atoms with Crippen molar-refractivity contribution < 1.29 is 19.1 Å². The van der Waals surface area contributed by atoms with Gasteiger partial charge in [-0.05, 0) is 42.8 Å². The predicted octanol–water partition coefficient (Wildman–Crippen LogP) is 3.48. The molecule has 0 bridgehead atoms. The average molecular weight is 464 g/mol. The second-order valence-corrected chi connectivity index (χ2v) is 8.11. The Balaban J connectivity index is 1.54. The lowest BCUT2D eigenvalue weighted by Crippen LogP contribution is -2.50. The number of nitrogens with one attached hydrogen (secondary N) is 1. The molecule has 2 aromatic rings. The second-order valence-electron chi connectivity index (χ2n) is 7.26. The normalized spacial score (nSPS) is 14.3. The highest BCUT2D eigenvalue weighted by Gasteiger charge is 2.25. The standard InChI is InChI=1S/C22H23Cl2N3O4/c1-14-3-4-15(22(30)31-2)11-19(14)25-20(28)13-26-7-9-27(10-8-26)21(29)17-6-5-16(23)12-18(17)24/h3-6,11-12H,7-10,13H2,1-2H3,(H,25,28). The highest BCUT2D eigenvalue weighted by atomic mass is 35.5. The third-order valence-electron chi connectivity index (χ3n) is 5.12. The summed E-state index contributed by atoms with van der Waals surface area (Å²) in [5.41, 5.74) is 2.20. The summed E-state index contributed by atoms with van der Waals surface area (Å²) in [6.45, 7) is 4.13. The Morgan fingerprint density at radius 3 is 2.39 bits per heavy atom. The molecule has 1 fully saturated rings. The molecule has 0 aromatic heterocycles. The zero-order valence-corrected chi connectivity index (χ0v) is 18.8. The molecule has 2 amide bonds. The van der Waals surface area contributed by atoms with Gasteiger partial charge in [0.2, 0.25) is 5.91 Å². The Labute approximate surface area is 190 Å². The molecule has 1 aliphatic rings. The van der Waals surface area contributed by atoms with Gasteiger partial charge in [0.25, 0.3) is 5.91 Å². The maximum absolute atomic E-state index is 12.7. The maximum Gasteiger partial charge on any atom is 0.337 e. The van der Waals surface area contributed by atoms with Crippen LogP contribution in [0.15, 0.2) is 36.4 Å². The highest BCUT2D eigenvalue weighted by molar-refractivity contribution is 6.36. The van der Waals surface area contributed by atoms with Crippen molar-refractivity contribution in [3.63, 3.8) is 0 Å². The molecule has 0 spiro atoms. The van der Waals surface area contributed by atoms with Crippen molar-refractivity contribution in [3.8, 4) is 0 Å². The van der Waals surface area contributed by atoms with Crippen LogP contribution in [0.5, 0.6) is 0 Å². The lowest BCUT2D eigenvalue weighted by molar-refractivity contribution is -0.117. The number of halogens is 2. The Kier molecular flexibility index (Phi) is 7.54. The average Bonchev–Trinajstić information content (AvgIpc) is 2.75. The number of esters is 1. The van der Waals surface area contributed by atoms with Gasteiger partial charge in [-0.1, -0.05) is 29.3 Å². The van der Waals surface area contributed by atoms with E-state index < -0.39 is 5.97 Å². The molecule has 3 rings (SSSR count). The summed E-state index contributed by atoms with van der Waals surface area (Å²) in [6.07, 6.45) is 0. The number of rotatable bonds is 5. The van der Waals surface area contributed by atoms with Gasteiger partial charge in [0.05, 0.1) is 29.8 Å². The number of methoxy groups -OCH3 is 1. The number of piperazine rings is 1. The third kappa shape index (κ3) is 5.76. The maximum atomic E-state index is 12.7. The molecule has 1 saturated heterocycles. The molecule has 0 atom stereocenters. The fourth-order valence-electron chi connectivity index (χ4n) is 3.34. The Bertz CT molecular complexity index is 1000. The molecular formula is C22H23Cl2N3O4. The van der Waals surface area contributed by atoms with Crippen molar-refractivity contribution in [2.75, 3.05) is 45.2 Å². The summed E-state index contributed by atoms with van der Waals surface area (Å²) in [5.74, 6) is -0.802. The van der Waals surface area contributed by atoms with Crippen LogP contribution < -0.4 is 5.32 Å². The van der Waals surface area contributed by atoms with Crippen molar-refractivity contribution in [2.24, 2.45) is 0 Å². The van der Waals surface area contributed by atoms with Crippen LogP contribution in [-0.4, -0.2) is 67.4 Å². The van der Waals surface area contributed by atoms with E-state index in [1.165, 1.54) is 7.11 Å². The molecule has 164 valence electrons. The topological polar surface area (TPSA) is 79.0 Å². The molecule has 1 aliphatic heterocycles. The number of aryl methyl sites for hydroxylation is 1. The SMILES string of the molecule is COC(=O)c1ccc(C)c(NC(=O)CN2CCN(C(=O)c3ccc(Cl)cc3Cl)CC2)c1. The van der Waals surface area contributed by atoms with Crippen LogP contribution in [0.4, 0.5) is 5.69 Å². The largest absolute Gasteiger partial charge is 0.465 e. The van der Waals surface area contributed by atoms with E-state index >= 15 is 0 Å². The lowest BCUT2D eigenvalue weighted by atomic mass is 10.1. The van der Waals surface area contributed by atoms with Crippen LogP contribution in [-0.2, 0) is 9.53 Å². The van der Waals surface area contributed by atoms with Gasteiger partial charge in [-0.2, -0.15) is 0 Å². The van der Waals surface area contributed by atoms with Crippen molar-refractivity contribution >= 4 is 46.7 Å². The van der Waals surface area contributed by atoms with Gasteiger partial charge in [-0.3, -0.25) is 14.5 Å². The van der Waals surface area contributed by atoms with E-state index in [0.29, 0.717) is 53.0 Å². The summed E-state index contributed by atoms with van der Waals surface area (Å²) < 4.78 is 4.73. The zero-order chi connectivity index (χ0) is 22.5. The molecule has 0 aliphatic carbocycles. The minimum Gasteiger partial charge on any atom is -0.465 e. The van der Waals surface area contributed by atoms with E-state index in [-0.39, 0.29) is 18.4 Å². The molecule has 31 heavy (non-hydrogen) atoms. The molecule has 0 unspecified atom stereocenters. The first-order valence-electron chi connectivity index (χ1n) is 9.74. The van der Waals surface area contributed by atoms with Crippen LogP contribution in [0.1, 0.15) is 26.3 Å². The molecule has 0 radical (unpaired) electrons. The molecule has 9 heteroatoms. The quantitative estimate of drug-likeness (QED) is 0.686. The van der Waals surface area contributed by atoms with E-state index in [4.69, 9.17) is 27.9 Å². The van der Waals surface area contributed by atoms with Gasteiger partial charge in [0.1, 0.15) is 0 Å². The number of ether oxygens (including phenoxy) is 1. The minimum absolute atomic E-state index is 0.152. The highest BCUT2D eigenvalue weighted by Crippen LogP contribution is 2.23. The van der Waals surface area contributed by atoms with Gasteiger partial charge >= 0.3 is 5.97 Å². The molecule has 7 nitrogen and oxygen atoms in total.